The molecule has 0 saturated heterocycles. The van der Waals surface area contributed by atoms with Crippen LogP contribution in [0.3, 0.4) is 0 Å². The van der Waals surface area contributed by atoms with Gasteiger partial charge in [0, 0.05) is 31.7 Å². The first-order chi connectivity index (χ1) is 12.0. The fraction of sp³-hybridized carbons (Fsp3) is 0.312. The molecular formula is C16H20ClN5O3. The molecule has 0 aliphatic carbocycles. The summed E-state index contributed by atoms with van der Waals surface area (Å²) in [6, 6.07) is 7.32. The van der Waals surface area contributed by atoms with Gasteiger partial charge in [-0.1, -0.05) is 28.9 Å². The fourth-order valence-electron chi connectivity index (χ4n) is 1.80. The zero-order valence-electron chi connectivity index (χ0n) is 14.3. The fourth-order valence-corrected chi connectivity index (χ4v) is 1.92. The second-order valence-corrected chi connectivity index (χ2v) is 5.50. The normalized spacial score (nSPS) is 10.6. The van der Waals surface area contributed by atoms with Crippen LogP contribution in [0.2, 0.25) is 5.02 Å². The number of aryl methyl sites for hydroxylation is 1. The van der Waals surface area contributed by atoms with E-state index in [1.54, 1.807) is 31.0 Å². The lowest BCUT2D eigenvalue weighted by molar-refractivity contribution is -0.105. The van der Waals surface area contributed by atoms with Gasteiger partial charge in [0.1, 0.15) is 0 Å². The van der Waals surface area contributed by atoms with Gasteiger partial charge in [-0.15, -0.1) is 4.91 Å². The molecule has 0 radical (unpaired) electrons. The smallest absolute Gasteiger partial charge is 0.223 e. The number of hydrogen-bond acceptors (Lipinski definition) is 8. The van der Waals surface area contributed by atoms with Crippen LogP contribution in [-0.4, -0.2) is 35.4 Å². The lowest BCUT2D eigenvalue weighted by atomic mass is 10.2. The molecule has 0 atom stereocenters. The van der Waals surface area contributed by atoms with Crippen molar-refractivity contribution in [2.45, 2.75) is 20.0 Å². The van der Waals surface area contributed by atoms with Gasteiger partial charge in [0.15, 0.2) is 17.8 Å². The zero-order chi connectivity index (χ0) is 18.7. The maximum atomic E-state index is 10.4. The Morgan fingerprint density at radius 1 is 1.40 bits per heavy atom. The monoisotopic (exact) mass is 365 g/mol. The van der Waals surface area contributed by atoms with Gasteiger partial charge in [0.25, 0.3) is 0 Å². The number of allylic oxidation sites excluding steroid dienone is 1. The number of rotatable bonds is 7. The van der Waals surface area contributed by atoms with Crippen LogP contribution in [0.15, 0.2) is 45.9 Å². The Labute approximate surface area is 150 Å². The van der Waals surface area contributed by atoms with Gasteiger partial charge in [-0.05, 0) is 29.9 Å². The van der Waals surface area contributed by atoms with E-state index in [0.29, 0.717) is 36.1 Å². The summed E-state index contributed by atoms with van der Waals surface area (Å²) < 4.78 is 4.72. The standard InChI is InChI=1S/C11H11ClN2O2.C5H9N3O/c1-14(7-11(8-15)13-16)6-9-2-4-10(12)5-3-9;1-4-7-5(3-6-2)8-9-4/h2-5,7-8H,6H2,1H3;6H,3H2,1-2H3/b11-7-;. The SMILES string of the molecule is CN(/C=C(/C=O)N=O)Cc1ccc(Cl)cc1.CNCc1noc(C)n1. The number of carbonyl (C=O) groups excluding carboxylic acids is 1. The van der Waals surface area contributed by atoms with Crippen molar-refractivity contribution in [3.05, 3.63) is 63.4 Å². The van der Waals surface area contributed by atoms with E-state index in [0.717, 1.165) is 5.56 Å². The predicted octanol–water partition coefficient (Wildman–Crippen LogP) is 2.68. The quantitative estimate of drug-likeness (QED) is 0.457. The molecule has 0 saturated carbocycles. The van der Waals surface area contributed by atoms with Crippen molar-refractivity contribution < 1.29 is 9.32 Å². The van der Waals surface area contributed by atoms with Crippen molar-refractivity contribution in [1.82, 2.24) is 20.4 Å². The van der Waals surface area contributed by atoms with Gasteiger partial charge in [-0.2, -0.15) is 4.98 Å². The van der Waals surface area contributed by atoms with Crippen molar-refractivity contribution in [3.8, 4) is 0 Å². The molecule has 1 heterocycles. The number of nitrogens with one attached hydrogen (secondary N) is 1. The van der Waals surface area contributed by atoms with Crippen molar-refractivity contribution in [2.75, 3.05) is 14.1 Å². The summed E-state index contributed by atoms with van der Waals surface area (Å²) in [6.07, 6.45) is 1.82. The molecule has 0 unspecified atom stereocenters. The van der Waals surface area contributed by atoms with E-state index in [1.807, 2.05) is 19.2 Å². The van der Waals surface area contributed by atoms with E-state index in [4.69, 9.17) is 16.1 Å². The maximum absolute atomic E-state index is 10.4. The first-order valence-corrected chi connectivity index (χ1v) is 7.75. The van der Waals surface area contributed by atoms with Crippen molar-refractivity contribution in [2.24, 2.45) is 5.18 Å². The molecule has 1 aromatic heterocycles. The highest BCUT2D eigenvalue weighted by atomic mass is 35.5. The Morgan fingerprint density at radius 2 is 2.08 bits per heavy atom. The Bertz CT molecular complexity index is 690. The zero-order valence-corrected chi connectivity index (χ0v) is 15.0. The molecule has 2 aromatic rings. The van der Waals surface area contributed by atoms with Crippen LogP contribution in [0.5, 0.6) is 0 Å². The molecule has 1 aromatic carbocycles. The molecule has 0 amide bonds. The predicted molar refractivity (Wildman–Crippen MR) is 94.7 cm³/mol. The van der Waals surface area contributed by atoms with Crippen LogP contribution >= 0.6 is 11.6 Å². The molecule has 9 heteroatoms. The highest BCUT2D eigenvalue weighted by molar-refractivity contribution is 6.30. The largest absolute Gasteiger partial charge is 0.374 e. The molecular weight excluding hydrogens is 346 g/mol. The molecule has 2 rings (SSSR count). The highest BCUT2D eigenvalue weighted by Gasteiger charge is 2.00. The molecule has 1 N–H and O–H groups in total. The topological polar surface area (TPSA) is 101 Å². The number of carbonyl (C=O) groups is 1. The van der Waals surface area contributed by atoms with E-state index in [9.17, 15) is 9.70 Å². The van der Waals surface area contributed by atoms with Crippen molar-refractivity contribution in [3.63, 3.8) is 0 Å². The number of aldehydes is 1. The van der Waals surface area contributed by atoms with Gasteiger partial charge >= 0.3 is 0 Å². The Balaban J connectivity index is 0.000000293. The number of benzene rings is 1. The van der Waals surface area contributed by atoms with E-state index in [1.165, 1.54) is 6.20 Å². The minimum Gasteiger partial charge on any atom is -0.374 e. The Hall–Kier alpha value is -2.58. The number of aromatic nitrogens is 2. The highest BCUT2D eigenvalue weighted by Crippen LogP contribution is 2.11. The van der Waals surface area contributed by atoms with Gasteiger partial charge in [-0.3, -0.25) is 4.79 Å². The van der Waals surface area contributed by atoms with Gasteiger partial charge in [0.2, 0.25) is 5.89 Å². The van der Waals surface area contributed by atoms with Crippen LogP contribution in [0.25, 0.3) is 0 Å². The van der Waals surface area contributed by atoms with Crippen LogP contribution in [0.4, 0.5) is 0 Å². The second-order valence-electron chi connectivity index (χ2n) is 5.06. The molecule has 0 aliphatic heterocycles. The van der Waals surface area contributed by atoms with E-state index in [-0.39, 0.29) is 5.70 Å². The lowest BCUT2D eigenvalue weighted by Crippen LogP contribution is -2.11. The third-order valence-corrected chi connectivity index (χ3v) is 3.08. The summed E-state index contributed by atoms with van der Waals surface area (Å²) in [5.41, 5.74) is 0.899. The molecule has 0 fully saturated rings. The third kappa shape index (κ3) is 8.18. The molecule has 8 nitrogen and oxygen atoms in total. The van der Waals surface area contributed by atoms with Crippen molar-refractivity contribution >= 4 is 17.9 Å². The maximum Gasteiger partial charge on any atom is 0.223 e. The number of hydrogen-bond donors (Lipinski definition) is 1. The summed E-state index contributed by atoms with van der Waals surface area (Å²) in [4.78, 5) is 26.2. The van der Waals surface area contributed by atoms with Crippen LogP contribution in [0.1, 0.15) is 17.3 Å². The minimum atomic E-state index is -0.128. The average molecular weight is 366 g/mol. The lowest BCUT2D eigenvalue weighted by Gasteiger charge is -2.13. The molecule has 0 bridgehead atoms. The summed E-state index contributed by atoms with van der Waals surface area (Å²) >= 11 is 5.75. The van der Waals surface area contributed by atoms with E-state index >= 15 is 0 Å². The number of halogens is 1. The summed E-state index contributed by atoms with van der Waals surface area (Å²) in [5, 5.41) is 9.82. The summed E-state index contributed by atoms with van der Waals surface area (Å²) in [7, 11) is 3.59. The van der Waals surface area contributed by atoms with Crippen LogP contribution < -0.4 is 5.32 Å². The molecule has 134 valence electrons. The summed E-state index contributed by atoms with van der Waals surface area (Å²) in [6.45, 7) is 3.01. The number of nitrogens with zero attached hydrogens (tertiary/aromatic N) is 4. The van der Waals surface area contributed by atoms with E-state index < -0.39 is 0 Å². The Morgan fingerprint density at radius 3 is 2.56 bits per heavy atom. The van der Waals surface area contributed by atoms with Crippen LogP contribution in [-0.2, 0) is 17.9 Å². The first kappa shape index (κ1) is 20.5. The molecule has 25 heavy (non-hydrogen) atoms. The van der Waals surface area contributed by atoms with Gasteiger partial charge in [-0.25, -0.2) is 0 Å². The summed E-state index contributed by atoms with van der Waals surface area (Å²) in [5.74, 6) is 1.32. The Kier molecular flexibility index (Phi) is 9.05. The van der Waals surface area contributed by atoms with Crippen molar-refractivity contribution in [1.29, 1.82) is 0 Å². The number of nitroso groups, excluding NO2 is 1. The van der Waals surface area contributed by atoms with Gasteiger partial charge < -0.3 is 14.7 Å². The molecule has 0 aliphatic rings. The molecule has 0 spiro atoms. The van der Waals surface area contributed by atoms with E-state index in [2.05, 4.69) is 20.6 Å². The average Bonchev–Trinajstić information content (AvgIpc) is 3.01. The van der Waals surface area contributed by atoms with Crippen LogP contribution in [0, 0.1) is 11.8 Å². The van der Waals surface area contributed by atoms with Gasteiger partial charge in [0.05, 0.1) is 6.54 Å². The third-order valence-electron chi connectivity index (χ3n) is 2.83. The first-order valence-electron chi connectivity index (χ1n) is 7.37. The second kappa shape index (κ2) is 11.1. The minimum absolute atomic E-state index is 0.128.